The molecule has 3 N–H and O–H groups in total. The third kappa shape index (κ3) is 3.72. The molecule has 1 amide bonds. The Morgan fingerprint density at radius 3 is 2.59 bits per heavy atom. The molecule has 1 saturated carbocycles. The Kier molecular flexibility index (Phi) is 5.18. The Morgan fingerprint density at radius 1 is 1.18 bits per heavy atom. The molecule has 3 fully saturated rings. The summed E-state index contributed by atoms with van der Waals surface area (Å²) < 4.78 is 5.85. The summed E-state index contributed by atoms with van der Waals surface area (Å²) in [5, 5.41) is 9.79. The second-order valence-corrected chi connectivity index (χ2v) is 6.63. The monoisotopic (exact) mass is 308 g/mol. The van der Waals surface area contributed by atoms with Crippen LogP contribution in [0.2, 0.25) is 0 Å². The van der Waals surface area contributed by atoms with Crippen molar-refractivity contribution in [2.75, 3.05) is 20.1 Å². The lowest BCUT2D eigenvalue weighted by molar-refractivity contribution is -0.127. The molecule has 22 heavy (non-hydrogen) atoms. The normalized spacial score (nSPS) is 31.0. The summed E-state index contributed by atoms with van der Waals surface area (Å²) >= 11 is 0. The van der Waals surface area contributed by atoms with Crippen LogP contribution >= 0.6 is 0 Å². The standard InChI is InChI=1S/C16H28N4O2/c1-17-16(20-13-10-12-6-7-14(13)22-12)19-9-3-8-18-15(21)11-4-2-5-11/h11-14H,2-10H2,1H3,(H,18,21)(H2,17,19,20). The summed E-state index contributed by atoms with van der Waals surface area (Å²) in [6, 6.07) is 0.392. The number of nitrogens with zero attached hydrogens (tertiary/aromatic N) is 1. The number of aliphatic imine (C=N–C) groups is 1. The number of amides is 1. The molecular weight excluding hydrogens is 280 g/mol. The van der Waals surface area contributed by atoms with E-state index in [1.165, 1.54) is 12.8 Å². The highest BCUT2D eigenvalue weighted by atomic mass is 16.5. The van der Waals surface area contributed by atoms with Gasteiger partial charge in [-0.1, -0.05) is 6.42 Å². The van der Waals surface area contributed by atoms with Gasteiger partial charge in [-0.15, -0.1) is 0 Å². The number of fused-ring (bicyclic) bond motifs is 2. The van der Waals surface area contributed by atoms with Crippen LogP contribution in [0.1, 0.15) is 44.9 Å². The quantitative estimate of drug-likeness (QED) is 0.385. The van der Waals surface area contributed by atoms with E-state index in [2.05, 4.69) is 20.9 Å². The molecule has 2 saturated heterocycles. The van der Waals surface area contributed by atoms with Crippen LogP contribution in [0.5, 0.6) is 0 Å². The topological polar surface area (TPSA) is 74.8 Å². The van der Waals surface area contributed by atoms with E-state index in [-0.39, 0.29) is 11.8 Å². The van der Waals surface area contributed by atoms with Crippen molar-refractivity contribution in [1.82, 2.24) is 16.0 Å². The summed E-state index contributed by atoms with van der Waals surface area (Å²) in [5.74, 6) is 1.35. The zero-order chi connectivity index (χ0) is 15.4. The van der Waals surface area contributed by atoms with Crippen molar-refractivity contribution in [3.8, 4) is 0 Å². The fourth-order valence-corrected chi connectivity index (χ4v) is 3.48. The van der Waals surface area contributed by atoms with Gasteiger partial charge in [-0.3, -0.25) is 9.79 Å². The Bertz CT molecular complexity index is 422. The van der Waals surface area contributed by atoms with E-state index in [4.69, 9.17) is 4.74 Å². The molecule has 2 bridgehead atoms. The van der Waals surface area contributed by atoms with Gasteiger partial charge in [-0.2, -0.15) is 0 Å². The van der Waals surface area contributed by atoms with Crippen molar-refractivity contribution in [1.29, 1.82) is 0 Å². The van der Waals surface area contributed by atoms with Crippen LogP contribution in [0, 0.1) is 5.92 Å². The van der Waals surface area contributed by atoms with Gasteiger partial charge in [0.1, 0.15) is 0 Å². The first-order valence-electron chi connectivity index (χ1n) is 8.66. The Hall–Kier alpha value is -1.30. The fraction of sp³-hybridized carbons (Fsp3) is 0.875. The molecule has 3 rings (SSSR count). The third-order valence-electron chi connectivity index (χ3n) is 5.07. The van der Waals surface area contributed by atoms with Crippen LogP contribution in [-0.4, -0.2) is 50.3 Å². The third-order valence-corrected chi connectivity index (χ3v) is 5.07. The SMILES string of the molecule is CN=C(NCCCNC(=O)C1CCC1)NC1CC2CCC1O2. The molecule has 2 aliphatic heterocycles. The first-order chi connectivity index (χ1) is 10.8. The van der Waals surface area contributed by atoms with Crippen molar-refractivity contribution in [2.24, 2.45) is 10.9 Å². The maximum Gasteiger partial charge on any atom is 0.223 e. The highest BCUT2D eigenvalue weighted by Crippen LogP contribution is 2.34. The van der Waals surface area contributed by atoms with E-state index in [1.54, 1.807) is 7.05 Å². The number of rotatable bonds is 6. The van der Waals surface area contributed by atoms with Crippen LogP contribution in [0.25, 0.3) is 0 Å². The van der Waals surface area contributed by atoms with Crippen molar-refractivity contribution >= 4 is 11.9 Å². The summed E-state index contributed by atoms with van der Waals surface area (Å²) in [6.07, 6.45) is 8.48. The van der Waals surface area contributed by atoms with Crippen LogP contribution in [-0.2, 0) is 9.53 Å². The number of ether oxygens (including phenoxy) is 1. The highest BCUT2D eigenvalue weighted by molar-refractivity contribution is 5.80. The van der Waals surface area contributed by atoms with Gasteiger partial charge < -0.3 is 20.7 Å². The van der Waals surface area contributed by atoms with Crippen LogP contribution in [0.15, 0.2) is 4.99 Å². The Labute approximate surface area is 132 Å². The number of hydrogen-bond donors (Lipinski definition) is 3. The minimum Gasteiger partial charge on any atom is -0.373 e. The molecule has 1 aliphatic carbocycles. The van der Waals surface area contributed by atoms with Crippen molar-refractivity contribution in [2.45, 2.75) is 63.2 Å². The molecule has 0 aromatic carbocycles. The van der Waals surface area contributed by atoms with Gasteiger partial charge in [-0.05, 0) is 38.5 Å². The smallest absolute Gasteiger partial charge is 0.223 e. The van der Waals surface area contributed by atoms with Crippen molar-refractivity contribution in [3.05, 3.63) is 0 Å². The van der Waals surface area contributed by atoms with Gasteiger partial charge in [-0.25, -0.2) is 0 Å². The molecule has 2 heterocycles. The molecular formula is C16H28N4O2. The van der Waals surface area contributed by atoms with Crippen LogP contribution in [0.3, 0.4) is 0 Å². The lowest BCUT2D eigenvalue weighted by Gasteiger charge is -2.24. The van der Waals surface area contributed by atoms with E-state index in [1.807, 2.05) is 0 Å². The molecule has 3 unspecified atom stereocenters. The highest BCUT2D eigenvalue weighted by Gasteiger charge is 2.41. The van der Waals surface area contributed by atoms with E-state index in [9.17, 15) is 4.79 Å². The molecule has 6 heteroatoms. The average molecular weight is 308 g/mol. The predicted octanol–water partition coefficient (Wildman–Crippen LogP) is 0.778. The first-order valence-corrected chi connectivity index (χ1v) is 8.66. The van der Waals surface area contributed by atoms with Crippen molar-refractivity contribution < 1.29 is 9.53 Å². The van der Waals surface area contributed by atoms with Gasteiger partial charge in [0.05, 0.1) is 18.2 Å². The second-order valence-electron chi connectivity index (χ2n) is 6.63. The molecule has 124 valence electrons. The van der Waals surface area contributed by atoms with E-state index in [0.717, 1.165) is 51.2 Å². The van der Waals surface area contributed by atoms with Crippen molar-refractivity contribution in [3.63, 3.8) is 0 Å². The minimum absolute atomic E-state index is 0.230. The lowest BCUT2D eigenvalue weighted by atomic mass is 9.85. The summed E-state index contributed by atoms with van der Waals surface area (Å²) in [5.41, 5.74) is 0. The van der Waals surface area contributed by atoms with E-state index in [0.29, 0.717) is 18.2 Å². The molecule has 0 aromatic rings. The molecule has 0 spiro atoms. The van der Waals surface area contributed by atoms with Gasteiger partial charge in [0.15, 0.2) is 5.96 Å². The summed E-state index contributed by atoms with van der Waals surface area (Å²) in [7, 11) is 1.79. The first kappa shape index (κ1) is 15.6. The summed E-state index contributed by atoms with van der Waals surface area (Å²) in [6.45, 7) is 1.54. The average Bonchev–Trinajstić information content (AvgIpc) is 3.06. The molecule has 3 atom stereocenters. The number of carbonyl (C=O) groups is 1. The zero-order valence-corrected chi connectivity index (χ0v) is 13.4. The molecule has 0 aromatic heterocycles. The van der Waals surface area contributed by atoms with Crippen LogP contribution < -0.4 is 16.0 Å². The van der Waals surface area contributed by atoms with Crippen LogP contribution in [0.4, 0.5) is 0 Å². The predicted molar refractivity (Wildman–Crippen MR) is 85.8 cm³/mol. The second kappa shape index (κ2) is 7.31. The number of carbonyl (C=O) groups excluding carboxylic acids is 1. The largest absolute Gasteiger partial charge is 0.373 e. The van der Waals surface area contributed by atoms with Gasteiger partial charge >= 0.3 is 0 Å². The number of guanidine groups is 1. The van der Waals surface area contributed by atoms with Gasteiger partial charge in [0, 0.05) is 26.1 Å². The van der Waals surface area contributed by atoms with Gasteiger partial charge in [0.2, 0.25) is 5.91 Å². The molecule has 3 aliphatic rings. The van der Waals surface area contributed by atoms with Gasteiger partial charge in [0.25, 0.3) is 0 Å². The zero-order valence-electron chi connectivity index (χ0n) is 13.4. The Morgan fingerprint density at radius 2 is 2.00 bits per heavy atom. The maximum absolute atomic E-state index is 11.7. The van der Waals surface area contributed by atoms with E-state index < -0.39 is 0 Å². The maximum atomic E-state index is 11.7. The minimum atomic E-state index is 0.230. The number of hydrogen-bond acceptors (Lipinski definition) is 3. The fourth-order valence-electron chi connectivity index (χ4n) is 3.48. The van der Waals surface area contributed by atoms with E-state index >= 15 is 0 Å². The Balaban J connectivity index is 1.27. The molecule has 0 radical (unpaired) electrons. The lowest BCUT2D eigenvalue weighted by Crippen LogP contribution is -2.47. The number of nitrogens with one attached hydrogen (secondary N) is 3. The summed E-state index contributed by atoms with van der Waals surface area (Å²) in [4.78, 5) is 16.0. The molecule has 6 nitrogen and oxygen atoms in total.